The molecular formula is C15H16BrFN4OS. The Balaban J connectivity index is 2.07. The SMILES string of the molecule is C=CCn1c(C)nnc1SC(C)C(=O)Nc1ccc(Br)cc1F. The molecule has 1 unspecified atom stereocenters. The molecule has 1 heterocycles. The van der Waals surface area contributed by atoms with Crippen LogP contribution in [0.3, 0.4) is 0 Å². The van der Waals surface area contributed by atoms with Gasteiger partial charge in [-0.05, 0) is 32.0 Å². The van der Waals surface area contributed by atoms with Crippen molar-refractivity contribution in [1.82, 2.24) is 14.8 Å². The second kappa shape index (κ2) is 7.74. The number of thioether (sulfide) groups is 1. The molecule has 2 rings (SSSR count). The van der Waals surface area contributed by atoms with E-state index < -0.39 is 11.1 Å². The molecular weight excluding hydrogens is 383 g/mol. The first-order chi connectivity index (χ1) is 10.9. The Morgan fingerprint density at radius 3 is 2.96 bits per heavy atom. The number of amides is 1. The van der Waals surface area contributed by atoms with Gasteiger partial charge in [0, 0.05) is 11.0 Å². The van der Waals surface area contributed by atoms with Gasteiger partial charge in [0.25, 0.3) is 0 Å². The van der Waals surface area contributed by atoms with Crippen LogP contribution in [0, 0.1) is 12.7 Å². The lowest BCUT2D eigenvalue weighted by Crippen LogP contribution is -2.23. The molecule has 0 aliphatic carbocycles. The quantitative estimate of drug-likeness (QED) is 0.593. The fourth-order valence-electron chi connectivity index (χ4n) is 1.82. The lowest BCUT2D eigenvalue weighted by molar-refractivity contribution is -0.115. The Kier molecular flexibility index (Phi) is 5.95. The van der Waals surface area contributed by atoms with Crippen LogP contribution in [0.25, 0.3) is 0 Å². The van der Waals surface area contributed by atoms with Crippen LogP contribution >= 0.6 is 27.7 Å². The summed E-state index contributed by atoms with van der Waals surface area (Å²) in [6, 6.07) is 4.48. The zero-order chi connectivity index (χ0) is 17.0. The number of halogens is 2. The highest BCUT2D eigenvalue weighted by Gasteiger charge is 2.20. The summed E-state index contributed by atoms with van der Waals surface area (Å²) in [6.07, 6.45) is 1.74. The lowest BCUT2D eigenvalue weighted by Gasteiger charge is -2.13. The molecule has 0 saturated carbocycles. The van der Waals surface area contributed by atoms with Crippen molar-refractivity contribution in [2.24, 2.45) is 0 Å². The predicted molar refractivity (Wildman–Crippen MR) is 93.0 cm³/mol. The van der Waals surface area contributed by atoms with Crippen molar-refractivity contribution >= 4 is 39.3 Å². The fraction of sp³-hybridized carbons (Fsp3) is 0.267. The molecule has 23 heavy (non-hydrogen) atoms. The Labute approximate surface area is 146 Å². The van der Waals surface area contributed by atoms with E-state index >= 15 is 0 Å². The van der Waals surface area contributed by atoms with E-state index in [9.17, 15) is 9.18 Å². The van der Waals surface area contributed by atoms with Crippen LogP contribution in [0.15, 0.2) is 40.5 Å². The summed E-state index contributed by atoms with van der Waals surface area (Å²) >= 11 is 4.44. The molecule has 1 aromatic heterocycles. The van der Waals surface area contributed by atoms with Crippen LogP contribution in [0.2, 0.25) is 0 Å². The van der Waals surface area contributed by atoms with Crippen LogP contribution in [0.4, 0.5) is 10.1 Å². The summed E-state index contributed by atoms with van der Waals surface area (Å²) in [5, 5.41) is 10.8. The summed E-state index contributed by atoms with van der Waals surface area (Å²) in [7, 11) is 0. The third-order valence-electron chi connectivity index (χ3n) is 3.05. The molecule has 0 bridgehead atoms. The van der Waals surface area contributed by atoms with Gasteiger partial charge in [-0.2, -0.15) is 0 Å². The summed E-state index contributed by atoms with van der Waals surface area (Å²) in [6.45, 7) is 7.83. The van der Waals surface area contributed by atoms with Crippen LogP contribution < -0.4 is 5.32 Å². The molecule has 122 valence electrons. The van der Waals surface area contributed by atoms with Crippen molar-refractivity contribution in [1.29, 1.82) is 0 Å². The van der Waals surface area contributed by atoms with Gasteiger partial charge in [-0.1, -0.05) is 33.8 Å². The summed E-state index contributed by atoms with van der Waals surface area (Å²) in [5.41, 5.74) is 0.148. The number of anilines is 1. The van der Waals surface area contributed by atoms with Crippen molar-refractivity contribution in [2.45, 2.75) is 30.8 Å². The standard InChI is InChI=1S/C15H16BrFN4OS/c1-4-7-21-10(3)19-20-15(21)23-9(2)14(22)18-13-6-5-11(16)8-12(13)17/h4-6,8-9H,1,7H2,2-3H3,(H,18,22). The predicted octanol–water partition coefficient (Wildman–Crippen LogP) is 3.79. The third kappa shape index (κ3) is 4.42. The van der Waals surface area contributed by atoms with Crippen molar-refractivity contribution in [3.63, 3.8) is 0 Å². The number of aryl methyl sites for hydroxylation is 1. The zero-order valence-corrected chi connectivity index (χ0v) is 15.1. The van der Waals surface area contributed by atoms with Crippen LogP contribution in [0.1, 0.15) is 12.7 Å². The van der Waals surface area contributed by atoms with Gasteiger partial charge < -0.3 is 9.88 Å². The minimum absolute atomic E-state index is 0.148. The maximum Gasteiger partial charge on any atom is 0.237 e. The summed E-state index contributed by atoms with van der Waals surface area (Å²) in [5.74, 6) is -0.0448. The average Bonchev–Trinajstić information content (AvgIpc) is 2.83. The van der Waals surface area contributed by atoms with E-state index in [1.54, 1.807) is 19.1 Å². The van der Waals surface area contributed by atoms with Gasteiger partial charge in [-0.15, -0.1) is 16.8 Å². The van der Waals surface area contributed by atoms with Crippen molar-refractivity contribution in [3.05, 3.63) is 47.0 Å². The number of hydrogen-bond acceptors (Lipinski definition) is 4. The van der Waals surface area contributed by atoms with Gasteiger partial charge in [0.05, 0.1) is 10.9 Å². The zero-order valence-electron chi connectivity index (χ0n) is 12.7. The number of carbonyl (C=O) groups excluding carboxylic acids is 1. The Morgan fingerprint density at radius 2 is 2.30 bits per heavy atom. The van der Waals surface area contributed by atoms with Crippen molar-refractivity contribution < 1.29 is 9.18 Å². The largest absolute Gasteiger partial charge is 0.323 e. The maximum atomic E-state index is 13.8. The number of benzene rings is 1. The smallest absolute Gasteiger partial charge is 0.237 e. The second-order valence-corrected chi connectivity index (χ2v) is 7.03. The topological polar surface area (TPSA) is 59.8 Å². The monoisotopic (exact) mass is 398 g/mol. The molecule has 1 amide bonds. The molecule has 8 heteroatoms. The Bertz CT molecular complexity index is 734. The molecule has 1 atom stereocenters. The summed E-state index contributed by atoms with van der Waals surface area (Å²) < 4.78 is 16.3. The maximum absolute atomic E-state index is 13.8. The van der Waals surface area contributed by atoms with Crippen LogP contribution in [0.5, 0.6) is 0 Å². The fourth-order valence-corrected chi connectivity index (χ4v) is 3.06. The third-order valence-corrected chi connectivity index (χ3v) is 4.63. The first-order valence-corrected chi connectivity index (χ1v) is 8.53. The lowest BCUT2D eigenvalue weighted by atomic mass is 10.3. The van der Waals surface area contributed by atoms with E-state index in [1.807, 2.05) is 11.5 Å². The molecule has 5 nitrogen and oxygen atoms in total. The van der Waals surface area contributed by atoms with Crippen LogP contribution in [-0.4, -0.2) is 25.9 Å². The molecule has 0 aliphatic rings. The van der Waals surface area contributed by atoms with E-state index in [-0.39, 0.29) is 11.6 Å². The Hall–Kier alpha value is -1.67. The number of allylic oxidation sites excluding steroid dienone is 1. The normalized spacial score (nSPS) is 12.0. The van der Waals surface area contributed by atoms with Gasteiger partial charge >= 0.3 is 0 Å². The number of nitrogens with zero attached hydrogens (tertiary/aromatic N) is 3. The molecule has 1 N–H and O–H groups in total. The number of hydrogen-bond donors (Lipinski definition) is 1. The molecule has 0 saturated heterocycles. The number of nitrogens with one attached hydrogen (secondary N) is 1. The van der Waals surface area contributed by atoms with Gasteiger partial charge in [-0.3, -0.25) is 4.79 Å². The van der Waals surface area contributed by atoms with E-state index in [4.69, 9.17) is 0 Å². The molecule has 0 spiro atoms. The van der Waals surface area contributed by atoms with E-state index in [2.05, 4.69) is 38.0 Å². The molecule has 0 fully saturated rings. The minimum Gasteiger partial charge on any atom is -0.323 e. The molecule has 0 aliphatic heterocycles. The van der Waals surface area contributed by atoms with Crippen molar-refractivity contribution in [3.8, 4) is 0 Å². The Morgan fingerprint density at radius 1 is 1.57 bits per heavy atom. The highest BCUT2D eigenvalue weighted by molar-refractivity contribution is 9.10. The first-order valence-electron chi connectivity index (χ1n) is 6.85. The highest BCUT2D eigenvalue weighted by Crippen LogP contribution is 2.25. The number of rotatable bonds is 6. The van der Waals surface area contributed by atoms with Gasteiger partial charge in [0.1, 0.15) is 11.6 Å². The van der Waals surface area contributed by atoms with Crippen molar-refractivity contribution in [2.75, 3.05) is 5.32 Å². The van der Waals surface area contributed by atoms with E-state index in [1.165, 1.54) is 23.9 Å². The van der Waals surface area contributed by atoms with Gasteiger partial charge in [0.15, 0.2) is 5.16 Å². The molecule has 1 aromatic carbocycles. The second-order valence-electron chi connectivity index (χ2n) is 4.80. The first kappa shape index (κ1) is 17.7. The summed E-state index contributed by atoms with van der Waals surface area (Å²) in [4.78, 5) is 12.2. The molecule has 0 radical (unpaired) electrons. The van der Waals surface area contributed by atoms with Gasteiger partial charge in [0.2, 0.25) is 5.91 Å². The van der Waals surface area contributed by atoms with E-state index in [0.717, 1.165) is 5.82 Å². The number of carbonyl (C=O) groups is 1. The number of aromatic nitrogens is 3. The van der Waals surface area contributed by atoms with Gasteiger partial charge in [-0.25, -0.2) is 4.39 Å². The minimum atomic E-state index is -0.490. The van der Waals surface area contributed by atoms with Crippen LogP contribution in [-0.2, 0) is 11.3 Å². The highest BCUT2D eigenvalue weighted by atomic mass is 79.9. The molecule has 2 aromatic rings. The van der Waals surface area contributed by atoms with E-state index in [0.29, 0.717) is 16.2 Å². The average molecular weight is 399 g/mol.